The molecule has 1 fully saturated rings. The molecule has 0 radical (unpaired) electrons. The van der Waals surface area contributed by atoms with Crippen molar-refractivity contribution in [1.82, 2.24) is 9.88 Å². The van der Waals surface area contributed by atoms with Crippen molar-refractivity contribution >= 4 is 27.5 Å². The third-order valence-corrected chi connectivity index (χ3v) is 4.34. The van der Waals surface area contributed by atoms with Crippen LogP contribution in [0.15, 0.2) is 18.2 Å². The van der Waals surface area contributed by atoms with E-state index in [1.54, 1.807) is 0 Å². The van der Waals surface area contributed by atoms with Crippen LogP contribution < -0.4 is 0 Å². The Bertz CT molecular complexity index is 620. The Kier molecular flexibility index (Phi) is 3.95. The second-order valence-corrected chi connectivity index (χ2v) is 5.73. The summed E-state index contributed by atoms with van der Waals surface area (Å²) in [7, 11) is 1.37. The van der Waals surface area contributed by atoms with E-state index in [0.29, 0.717) is 5.01 Å². The largest absolute Gasteiger partial charge is 0.464 e. The van der Waals surface area contributed by atoms with E-state index in [1.165, 1.54) is 24.0 Å². The molecular weight excluding hydrogens is 276 g/mol. The predicted molar refractivity (Wildman–Crippen MR) is 77.1 cm³/mol. The van der Waals surface area contributed by atoms with Gasteiger partial charge in [-0.1, -0.05) is 6.07 Å². The number of benzene rings is 1. The fraction of sp³-hybridized carbons (Fsp3) is 0.429. The summed E-state index contributed by atoms with van der Waals surface area (Å²) in [5.74, 6) is -0.374. The monoisotopic (exact) mass is 292 g/mol. The number of nitrogens with zero attached hydrogens (tertiary/aromatic N) is 2. The minimum absolute atomic E-state index is 0.374. The second kappa shape index (κ2) is 5.87. The molecule has 2 heterocycles. The fourth-order valence-corrected chi connectivity index (χ4v) is 3.13. The molecule has 0 unspecified atom stereocenters. The maximum atomic E-state index is 11.5. The highest BCUT2D eigenvalue weighted by Gasteiger charge is 2.14. The summed E-state index contributed by atoms with van der Waals surface area (Å²) in [5, 5.41) is 0.408. The van der Waals surface area contributed by atoms with Crippen molar-refractivity contribution in [2.45, 2.75) is 6.54 Å². The van der Waals surface area contributed by atoms with Gasteiger partial charge >= 0.3 is 5.97 Å². The molecule has 5 nitrogen and oxygen atoms in total. The Morgan fingerprint density at radius 1 is 1.45 bits per heavy atom. The first kappa shape index (κ1) is 13.5. The standard InChI is InChI=1S/C14H16N2O3S/c1-18-14(17)13-15-11-8-10(2-3-12(11)20-13)9-16-4-6-19-7-5-16/h2-3,8H,4-7,9H2,1H3. The number of fused-ring (bicyclic) bond motifs is 1. The number of hydrogen-bond acceptors (Lipinski definition) is 6. The van der Waals surface area contributed by atoms with E-state index in [9.17, 15) is 4.79 Å². The van der Waals surface area contributed by atoms with E-state index < -0.39 is 0 Å². The van der Waals surface area contributed by atoms with E-state index in [2.05, 4.69) is 16.0 Å². The molecule has 3 rings (SSSR count). The molecule has 1 aliphatic heterocycles. The lowest BCUT2D eigenvalue weighted by Gasteiger charge is -2.26. The number of carbonyl (C=O) groups is 1. The molecule has 1 aliphatic rings. The van der Waals surface area contributed by atoms with Crippen LogP contribution >= 0.6 is 11.3 Å². The van der Waals surface area contributed by atoms with Crippen LogP contribution in [0.4, 0.5) is 0 Å². The summed E-state index contributed by atoms with van der Waals surface area (Å²) in [6.07, 6.45) is 0. The van der Waals surface area contributed by atoms with Gasteiger partial charge in [-0.2, -0.15) is 0 Å². The van der Waals surface area contributed by atoms with E-state index in [4.69, 9.17) is 9.47 Å². The predicted octanol–water partition coefficient (Wildman–Crippen LogP) is 1.92. The van der Waals surface area contributed by atoms with Crippen LogP contribution in [0.2, 0.25) is 0 Å². The average Bonchev–Trinajstić information content (AvgIpc) is 2.90. The summed E-state index contributed by atoms with van der Waals surface area (Å²) in [5.41, 5.74) is 2.07. The summed E-state index contributed by atoms with van der Waals surface area (Å²) in [6.45, 7) is 4.41. The van der Waals surface area contributed by atoms with Crippen molar-refractivity contribution in [1.29, 1.82) is 0 Å². The Balaban J connectivity index is 1.80. The van der Waals surface area contributed by atoms with Crippen LogP contribution in [0.5, 0.6) is 0 Å². The molecule has 20 heavy (non-hydrogen) atoms. The minimum atomic E-state index is -0.374. The van der Waals surface area contributed by atoms with Crippen molar-refractivity contribution in [3.63, 3.8) is 0 Å². The third kappa shape index (κ3) is 2.82. The van der Waals surface area contributed by atoms with Crippen LogP contribution in [-0.2, 0) is 16.0 Å². The van der Waals surface area contributed by atoms with E-state index in [-0.39, 0.29) is 5.97 Å². The van der Waals surface area contributed by atoms with E-state index >= 15 is 0 Å². The van der Waals surface area contributed by atoms with Crippen molar-refractivity contribution in [3.8, 4) is 0 Å². The Morgan fingerprint density at radius 2 is 2.25 bits per heavy atom. The first-order valence-electron chi connectivity index (χ1n) is 6.54. The lowest BCUT2D eigenvalue weighted by molar-refractivity contribution is 0.0342. The number of ether oxygens (including phenoxy) is 2. The number of aromatic nitrogens is 1. The van der Waals surface area contributed by atoms with Gasteiger partial charge in [0.1, 0.15) is 0 Å². The number of carbonyl (C=O) groups excluding carboxylic acids is 1. The third-order valence-electron chi connectivity index (χ3n) is 3.32. The zero-order valence-corrected chi connectivity index (χ0v) is 12.1. The first-order valence-corrected chi connectivity index (χ1v) is 7.36. The molecule has 1 saturated heterocycles. The summed E-state index contributed by atoms with van der Waals surface area (Å²) < 4.78 is 11.1. The average molecular weight is 292 g/mol. The maximum absolute atomic E-state index is 11.5. The van der Waals surface area contributed by atoms with Gasteiger partial charge in [0.2, 0.25) is 5.01 Å². The van der Waals surface area contributed by atoms with Gasteiger partial charge in [0, 0.05) is 19.6 Å². The van der Waals surface area contributed by atoms with Gasteiger partial charge < -0.3 is 9.47 Å². The zero-order chi connectivity index (χ0) is 13.9. The maximum Gasteiger partial charge on any atom is 0.367 e. The highest BCUT2D eigenvalue weighted by atomic mass is 32.1. The number of hydrogen-bond donors (Lipinski definition) is 0. The fourth-order valence-electron chi connectivity index (χ4n) is 2.26. The summed E-state index contributed by atoms with van der Waals surface area (Å²) in [4.78, 5) is 18.2. The van der Waals surface area contributed by atoms with E-state index in [1.807, 2.05) is 12.1 Å². The molecule has 106 valence electrons. The van der Waals surface area contributed by atoms with Gasteiger partial charge in [0.25, 0.3) is 0 Å². The summed E-state index contributed by atoms with van der Waals surface area (Å²) >= 11 is 1.37. The lowest BCUT2D eigenvalue weighted by Crippen LogP contribution is -2.35. The van der Waals surface area contributed by atoms with Crippen molar-refractivity contribution in [2.75, 3.05) is 33.4 Å². The van der Waals surface area contributed by atoms with Crippen molar-refractivity contribution < 1.29 is 14.3 Å². The van der Waals surface area contributed by atoms with Crippen molar-refractivity contribution in [3.05, 3.63) is 28.8 Å². The Morgan fingerprint density at radius 3 is 3.00 bits per heavy atom. The number of thiazole rings is 1. The quantitative estimate of drug-likeness (QED) is 0.809. The SMILES string of the molecule is COC(=O)c1nc2cc(CN3CCOCC3)ccc2s1. The van der Waals surface area contributed by atoms with Crippen LogP contribution in [0.3, 0.4) is 0 Å². The van der Waals surface area contributed by atoms with Crippen LogP contribution in [0, 0.1) is 0 Å². The molecule has 2 aromatic rings. The highest BCUT2D eigenvalue weighted by molar-refractivity contribution is 7.20. The zero-order valence-electron chi connectivity index (χ0n) is 11.3. The Labute approximate surface area is 121 Å². The van der Waals surface area contributed by atoms with Gasteiger partial charge in [0.05, 0.1) is 30.5 Å². The molecule has 1 aromatic heterocycles. The molecule has 0 bridgehead atoms. The molecule has 0 aliphatic carbocycles. The topological polar surface area (TPSA) is 51.7 Å². The minimum Gasteiger partial charge on any atom is -0.464 e. The first-order chi connectivity index (χ1) is 9.76. The van der Waals surface area contributed by atoms with Gasteiger partial charge in [-0.3, -0.25) is 4.90 Å². The molecule has 6 heteroatoms. The van der Waals surface area contributed by atoms with Crippen LogP contribution in [0.25, 0.3) is 10.2 Å². The van der Waals surface area contributed by atoms with Gasteiger partial charge in [-0.05, 0) is 17.7 Å². The molecule has 0 saturated carbocycles. The van der Waals surface area contributed by atoms with Crippen molar-refractivity contribution in [2.24, 2.45) is 0 Å². The second-order valence-electron chi connectivity index (χ2n) is 4.70. The van der Waals surface area contributed by atoms with Crippen LogP contribution in [-0.4, -0.2) is 49.3 Å². The molecule has 0 spiro atoms. The molecular formula is C14H16N2O3S. The molecule has 0 N–H and O–H groups in total. The molecule has 0 amide bonds. The number of esters is 1. The molecule has 0 atom stereocenters. The number of rotatable bonds is 3. The number of morpholine rings is 1. The lowest BCUT2D eigenvalue weighted by atomic mass is 10.2. The van der Waals surface area contributed by atoms with Crippen LogP contribution in [0.1, 0.15) is 15.4 Å². The van der Waals surface area contributed by atoms with Gasteiger partial charge in [-0.25, -0.2) is 9.78 Å². The molecule has 1 aromatic carbocycles. The van der Waals surface area contributed by atoms with E-state index in [0.717, 1.165) is 43.1 Å². The highest BCUT2D eigenvalue weighted by Crippen LogP contribution is 2.24. The summed E-state index contributed by atoms with van der Waals surface area (Å²) in [6, 6.07) is 6.17. The smallest absolute Gasteiger partial charge is 0.367 e. The van der Waals surface area contributed by atoms with Gasteiger partial charge in [-0.15, -0.1) is 11.3 Å². The Hall–Kier alpha value is -1.50. The normalized spacial score (nSPS) is 16.4. The number of methoxy groups -OCH3 is 1. The van der Waals surface area contributed by atoms with Gasteiger partial charge in [0.15, 0.2) is 0 Å².